The van der Waals surface area contributed by atoms with Gasteiger partial charge in [-0.15, -0.1) is 0 Å². The molecule has 1 aromatic rings. The predicted octanol–water partition coefficient (Wildman–Crippen LogP) is 3.34. The smallest absolute Gasteiger partial charge is 0.126 e. The Balaban J connectivity index is 2.59. The van der Waals surface area contributed by atoms with Crippen LogP contribution in [0.25, 0.3) is 0 Å². The summed E-state index contributed by atoms with van der Waals surface area (Å²) in [5, 5.41) is 3.81. The number of halogens is 1. The molecule has 0 saturated carbocycles. The van der Waals surface area contributed by atoms with Crippen molar-refractivity contribution in [3.8, 4) is 0 Å². The molecule has 0 radical (unpaired) electrons. The molecule has 0 bridgehead atoms. The fourth-order valence-electron chi connectivity index (χ4n) is 1.26. The number of hydrogen-bond acceptors (Lipinski definition) is 3. The molecular weight excluding hydrogens is 224 g/mol. The lowest BCUT2D eigenvalue weighted by atomic mass is 10.2. The maximum atomic E-state index is 6.04. The third-order valence-electron chi connectivity index (χ3n) is 1.97. The summed E-state index contributed by atoms with van der Waals surface area (Å²) >= 11 is 6.04. The highest BCUT2D eigenvalue weighted by atomic mass is 35.5. The number of nitrogens with one attached hydrogen (secondary N) is 1. The van der Waals surface area contributed by atoms with Gasteiger partial charge in [0.15, 0.2) is 0 Å². The van der Waals surface area contributed by atoms with E-state index in [9.17, 15) is 0 Å². The van der Waals surface area contributed by atoms with Crippen LogP contribution in [0.5, 0.6) is 0 Å². The highest BCUT2D eigenvalue weighted by Gasteiger charge is 2.04. The minimum absolute atomic E-state index is 0.468. The number of hydrogen-bond donors (Lipinski definition) is 1. The summed E-state index contributed by atoms with van der Waals surface area (Å²) in [6.45, 7) is 8.31. The van der Waals surface area contributed by atoms with Crippen LogP contribution in [0.15, 0.2) is 12.1 Å². The first-order valence-electron chi connectivity index (χ1n) is 5.60. The molecular formula is C12H19ClN2O. The van der Waals surface area contributed by atoms with Gasteiger partial charge in [0.1, 0.15) is 5.82 Å². The number of anilines is 1. The molecule has 1 rings (SSSR count). The zero-order valence-corrected chi connectivity index (χ0v) is 10.8. The Morgan fingerprint density at radius 2 is 2.19 bits per heavy atom. The van der Waals surface area contributed by atoms with E-state index in [2.05, 4.69) is 24.1 Å². The zero-order chi connectivity index (χ0) is 12.0. The monoisotopic (exact) mass is 242 g/mol. The van der Waals surface area contributed by atoms with Crippen LogP contribution in [0.3, 0.4) is 0 Å². The molecule has 0 aliphatic carbocycles. The van der Waals surface area contributed by atoms with Crippen LogP contribution in [0.1, 0.15) is 26.5 Å². The molecule has 0 aliphatic rings. The zero-order valence-electron chi connectivity index (χ0n) is 10.1. The second-order valence-corrected chi connectivity index (χ2v) is 4.47. The number of pyridine rings is 1. The molecule has 1 heterocycles. The molecule has 0 aromatic carbocycles. The summed E-state index contributed by atoms with van der Waals surface area (Å²) in [6, 6.07) is 3.72. The van der Waals surface area contributed by atoms with E-state index in [1.165, 1.54) is 0 Å². The first kappa shape index (κ1) is 13.3. The van der Waals surface area contributed by atoms with E-state index in [1.807, 2.05) is 19.1 Å². The van der Waals surface area contributed by atoms with Gasteiger partial charge in [0.25, 0.3) is 0 Å². The van der Waals surface area contributed by atoms with Crippen LogP contribution in [0.2, 0.25) is 5.02 Å². The van der Waals surface area contributed by atoms with Gasteiger partial charge in [0.05, 0.1) is 17.3 Å². The van der Waals surface area contributed by atoms with Crippen LogP contribution < -0.4 is 5.32 Å². The minimum Gasteiger partial charge on any atom is -0.375 e. The van der Waals surface area contributed by atoms with Crippen molar-refractivity contribution in [2.24, 2.45) is 5.92 Å². The van der Waals surface area contributed by atoms with Gasteiger partial charge in [0.2, 0.25) is 0 Å². The molecule has 1 aromatic heterocycles. The number of aromatic nitrogens is 1. The Morgan fingerprint density at radius 3 is 2.81 bits per heavy atom. The van der Waals surface area contributed by atoms with Gasteiger partial charge >= 0.3 is 0 Å². The number of ether oxygens (including phenoxy) is 1. The molecule has 0 atom stereocenters. The Hall–Kier alpha value is -0.800. The minimum atomic E-state index is 0.468. The molecule has 0 unspecified atom stereocenters. The molecule has 4 heteroatoms. The van der Waals surface area contributed by atoms with Crippen LogP contribution in [0.4, 0.5) is 5.82 Å². The highest BCUT2D eigenvalue weighted by molar-refractivity contribution is 6.31. The van der Waals surface area contributed by atoms with Crippen LogP contribution in [0, 0.1) is 5.92 Å². The van der Waals surface area contributed by atoms with Crippen molar-refractivity contribution in [3.05, 3.63) is 22.8 Å². The van der Waals surface area contributed by atoms with Gasteiger partial charge in [-0.3, -0.25) is 0 Å². The van der Waals surface area contributed by atoms with Gasteiger partial charge in [-0.25, -0.2) is 4.98 Å². The average molecular weight is 243 g/mol. The molecule has 3 nitrogen and oxygen atoms in total. The largest absolute Gasteiger partial charge is 0.375 e. The van der Waals surface area contributed by atoms with Gasteiger partial charge in [-0.2, -0.15) is 0 Å². The van der Waals surface area contributed by atoms with E-state index in [0.29, 0.717) is 17.5 Å². The van der Waals surface area contributed by atoms with E-state index in [0.717, 1.165) is 24.7 Å². The summed E-state index contributed by atoms with van der Waals surface area (Å²) < 4.78 is 5.52. The first-order valence-corrected chi connectivity index (χ1v) is 5.98. The summed E-state index contributed by atoms with van der Waals surface area (Å²) in [5.74, 6) is 1.37. The molecule has 0 amide bonds. The number of nitrogens with zero attached hydrogens (tertiary/aromatic N) is 1. The summed E-state index contributed by atoms with van der Waals surface area (Å²) in [6.07, 6.45) is 0. The molecule has 0 spiro atoms. The summed E-state index contributed by atoms with van der Waals surface area (Å²) in [5.41, 5.74) is 0.792. The van der Waals surface area contributed by atoms with E-state index in [1.54, 1.807) is 0 Å². The van der Waals surface area contributed by atoms with Crippen molar-refractivity contribution in [2.75, 3.05) is 18.5 Å². The fourth-order valence-corrected chi connectivity index (χ4v) is 1.42. The Labute approximate surface area is 102 Å². The Kier molecular flexibility index (Phi) is 5.56. The average Bonchev–Trinajstić information content (AvgIpc) is 2.22. The van der Waals surface area contributed by atoms with E-state index in [4.69, 9.17) is 16.3 Å². The van der Waals surface area contributed by atoms with Crippen molar-refractivity contribution in [2.45, 2.75) is 27.4 Å². The van der Waals surface area contributed by atoms with E-state index in [-0.39, 0.29) is 0 Å². The summed E-state index contributed by atoms with van der Waals surface area (Å²) in [4.78, 5) is 4.39. The van der Waals surface area contributed by atoms with Crippen LogP contribution >= 0.6 is 11.6 Å². The van der Waals surface area contributed by atoms with Crippen molar-refractivity contribution in [1.29, 1.82) is 0 Å². The lowest BCUT2D eigenvalue weighted by Gasteiger charge is -2.09. The third kappa shape index (κ3) is 4.37. The van der Waals surface area contributed by atoms with Crippen LogP contribution in [-0.2, 0) is 11.3 Å². The van der Waals surface area contributed by atoms with Crippen LogP contribution in [-0.4, -0.2) is 18.1 Å². The standard InChI is InChI=1S/C12H19ClN2O/c1-4-14-12-6-5-10(13)11(15-12)8-16-7-9(2)3/h5-6,9H,4,7-8H2,1-3H3,(H,14,15). The van der Waals surface area contributed by atoms with Gasteiger partial charge in [-0.05, 0) is 25.0 Å². The fraction of sp³-hybridized carbons (Fsp3) is 0.583. The molecule has 0 aliphatic heterocycles. The van der Waals surface area contributed by atoms with Crippen molar-refractivity contribution < 1.29 is 4.74 Å². The predicted molar refractivity (Wildman–Crippen MR) is 67.9 cm³/mol. The van der Waals surface area contributed by atoms with Crippen molar-refractivity contribution in [1.82, 2.24) is 4.98 Å². The molecule has 16 heavy (non-hydrogen) atoms. The van der Waals surface area contributed by atoms with Gasteiger partial charge < -0.3 is 10.1 Å². The number of rotatable bonds is 6. The van der Waals surface area contributed by atoms with Gasteiger partial charge in [-0.1, -0.05) is 25.4 Å². The third-order valence-corrected chi connectivity index (χ3v) is 2.31. The van der Waals surface area contributed by atoms with Gasteiger partial charge in [0, 0.05) is 13.2 Å². The lowest BCUT2D eigenvalue weighted by Crippen LogP contribution is -2.06. The Morgan fingerprint density at radius 1 is 1.44 bits per heavy atom. The van der Waals surface area contributed by atoms with Crippen molar-refractivity contribution in [3.63, 3.8) is 0 Å². The normalized spacial score (nSPS) is 10.8. The molecule has 0 fully saturated rings. The van der Waals surface area contributed by atoms with E-state index < -0.39 is 0 Å². The molecule has 1 N–H and O–H groups in total. The molecule has 0 saturated heterocycles. The Bertz CT molecular complexity index is 329. The topological polar surface area (TPSA) is 34.1 Å². The maximum Gasteiger partial charge on any atom is 0.126 e. The lowest BCUT2D eigenvalue weighted by molar-refractivity contribution is 0.0949. The summed E-state index contributed by atoms with van der Waals surface area (Å²) in [7, 11) is 0. The SMILES string of the molecule is CCNc1ccc(Cl)c(COCC(C)C)n1. The quantitative estimate of drug-likeness (QED) is 0.831. The molecule has 90 valence electrons. The second kappa shape index (κ2) is 6.71. The highest BCUT2D eigenvalue weighted by Crippen LogP contribution is 2.17. The van der Waals surface area contributed by atoms with E-state index >= 15 is 0 Å². The maximum absolute atomic E-state index is 6.04. The second-order valence-electron chi connectivity index (χ2n) is 4.06. The first-order chi connectivity index (χ1) is 7.63. The van der Waals surface area contributed by atoms with Crippen molar-refractivity contribution >= 4 is 17.4 Å².